The number of fused-ring (bicyclic) bond motifs is 1. The zero-order chi connectivity index (χ0) is 21.9. The second kappa shape index (κ2) is 8.64. The molecule has 0 saturated carbocycles. The molecule has 0 fully saturated rings. The summed E-state index contributed by atoms with van der Waals surface area (Å²) in [6.45, 7) is 0. The van der Waals surface area contributed by atoms with Crippen LogP contribution in [0.2, 0.25) is 0 Å². The third kappa shape index (κ3) is 4.24. The van der Waals surface area contributed by atoms with E-state index in [0.29, 0.717) is 12.0 Å². The van der Waals surface area contributed by atoms with Gasteiger partial charge in [0.2, 0.25) is 5.91 Å². The number of hydrogen-bond donors (Lipinski definition) is 3. The average molecular weight is 441 g/mol. The van der Waals surface area contributed by atoms with Gasteiger partial charge in [-0.1, -0.05) is 24.3 Å². The predicted molar refractivity (Wildman–Crippen MR) is 129 cm³/mol. The maximum atomic E-state index is 12.5. The SMILES string of the molecule is O=C(Nc1ccc(-c2nc3ccc(NC(=O)C4C=CC=CC4)cc3[nH]2)cc1)c1ccsc1. The monoisotopic (exact) mass is 440 g/mol. The van der Waals surface area contributed by atoms with Crippen molar-refractivity contribution in [1.82, 2.24) is 9.97 Å². The third-order valence-corrected chi connectivity index (χ3v) is 5.95. The number of rotatable bonds is 5. The number of nitrogens with one attached hydrogen (secondary N) is 3. The van der Waals surface area contributed by atoms with E-state index in [1.165, 1.54) is 11.3 Å². The molecule has 7 heteroatoms. The van der Waals surface area contributed by atoms with Crippen molar-refractivity contribution >= 4 is 45.6 Å². The summed E-state index contributed by atoms with van der Waals surface area (Å²) in [5.74, 6) is 0.424. The van der Waals surface area contributed by atoms with Crippen molar-refractivity contribution in [1.29, 1.82) is 0 Å². The second-order valence-corrected chi connectivity index (χ2v) is 8.29. The molecule has 5 rings (SSSR count). The van der Waals surface area contributed by atoms with Crippen molar-refractivity contribution in [3.8, 4) is 11.4 Å². The summed E-state index contributed by atoms with van der Waals surface area (Å²) in [6.07, 6.45) is 8.47. The number of H-pyrrole nitrogens is 1. The Morgan fingerprint density at radius 1 is 1.00 bits per heavy atom. The topological polar surface area (TPSA) is 86.9 Å². The Kier molecular flexibility index (Phi) is 5.39. The van der Waals surface area contributed by atoms with Gasteiger partial charge in [-0.3, -0.25) is 9.59 Å². The third-order valence-electron chi connectivity index (χ3n) is 5.27. The Labute approximate surface area is 188 Å². The van der Waals surface area contributed by atoms with Gasteiger partial charge >= 0.3 is 0 Å². The molecule has 1 aliphatic rings. The van der Waals surface area contributed by atoms with Crippen molar-refractivity contribution in [3.05, 3.63) is 89.2 Å². The zero-order valence-electron chi connectivity index (χ0n) is 17.0. The number of aromatic nitrogens is 2. The first-order chi connectivity index (χ1) is 15.7. The smallest absolute Gasteiger partial charge is 0.256 e. The molecule has 32 heavy (non-hydrogen) atoms. The van der Waals surface area contributed by atoms with E-state index in [1.807, 2.05) is 77.5 Å². The van der Waals surface area contributed by atoms with Crippen LogP contribution in [0.3, 0.4) is 0 Å². The van der Waals surface area contributed by atoms with Crippen LogP contribution in [0.15, 0.2) is 83.6 Å². The Balaban J connectivity index is 1.30. The molecular weight excluding hydrogens is 420 g/mol. The number of imidazole rings is 1. The Morgan fingerprint density at radius 3 is 2.59 bits per heavy atom. The minimum atomic E-state index is -0.147. The van der Waals surface area contributed by atoms with Crippen LogP contribution in [0.25, 0.3) is 22.4 Å². The molecule has 6 nitrogen and oxygen atoms in total. The van der Waals surface area contributed by atoms with E-state index in [9.17, 15) is 9.59 Å². The van der Waals surface area contributed by atoms with Crippen molar-refractivity contribution < 1.29 is 9.59 Å². The molecule has 3 N–H and O–H groups in total. The number of aromatic amines is 1. The summed E-state index contributed by atoms with van der Waals surface area (Å²) in [7, 11) is 0. The lowest BCUT2D eigenvalue weighted by Crippen LogP contribution is -2.21. The molecule has 1 atom stereocenters. The van der Waals surface area contributed by atoms with Crippen molar-refractivity contribution in [2.45, 2.75) is 6.42 Å². The van der Waals surface area contributed by atoms with E-state index in [4.69, 9.17) is 0 Å². The summed E-state index contributed by atoms with van der Waals surface area (Å²) in [6, 6.07) is 14.9. The van der Waals surface area contributed by atoms with Crippen LogP contribution >= 0.6 is 11.3 Å². The van der Waals surface area contributed by atoms with Crippen LogP contribution in [0.4, 0.5) is 11.4 Å². The first kappa shape index (κ1) is 20.0. The van der Waals surface area contributed by atoms with Gasteiger partial charge in [-0.2, -0.15) is 11.3 Å². The fourth-order valence-corrected chi connectivity index (χ4v) is 4.18. The molecule has 2 aromatic carbocycles. The van der Waals surface area contributed by atoms with Crippen LogP contribution in [0.5, 0.6) is 0 Å². The van der Waals surface area contributed by atoms with Crippen molar-refractivity contribution in [2.24, 2.45) is 5.92 Å². The van der Waals surface area contributed by atoms with Crippen LogP contribution in [-0.2, 0) is 4.79 Å². The summed E-state index contributed by atoms with van der Waals surface area (Å²) in [4.78, 5) is 32.6. The minimum Gasteiger partial charge on any atom is -0.338 e. The highest BCUT2D eigenvalue weighted by Crippen LogP contribution is 2.25. The van der Waals surface area contributed by atoms with Crippen molar-refractivity contribution in [2.75, 3.05) is 10.6 Å². The van der Waals surface area contributed by atoms with Gasteiger partial charge in [-0.25, -0.2) is 4.98 Å². The molecule has 2 amide bonds. The summed E-state index contributed by atoms with van der Waals surface area (Å²) in [5.41, 5.74) is 4.65. The number of hydrogen-bond acceptors (Lipinski definition) is 4. The van der Waals surface area contributed by atoms with Gasteiger partial charge in [0.05, 0.1) is 22.5 Å². The molecule has 2 aromatic heterocycles. The highest BCUT2D eigenvalue weighted by Gasteiger charge is 2.16. The van der Waals surface area contributed by atoms with Gasteiger partial charge in [-0.15, -0.1) is 0 Å². The molecule has 0 radical (unpaired) electrons. The second-order valence-electron chi connectivity index (χ2n) is 7.51. The largest absolute Gasteiger partial charge is 0.338 e. The van der Waals surface area contributed by atoms with E-state index in [1.54, 1.807) is 6.07 Å². The Morgan fingerprint density at radius 2 is 1.84 bits per heavy atom. The van der Waals surface area contributed by atoms with Gasteiger partial charge in [-0.05, 0) is 60.3 Å². The van der Waals surface area contributed by atoms with Crippen LogP contribution in [-0.4, -0.2) is 21.8 Å². The van der Waals surface area contributed by atoms with E-state index in [-0.39, 0.29) is 17.7 Å². The molecule has 0 aliphatic heterocycles. The molecular formula is C25H20N4O2S. The normalized spacial score (nSPS) is 15.1. The number of amides is 2. The van der Waals surface area contributed by atoms with Gasteiger partial charge in [0.1, 0.15) is 5.82 Å². The van der Waals surface area contributed by atoms with Gasteiger partial charge < -0.3 is 15.6 Å². The highest BCUT2D eigenvalue weighted by atomic mass is 32.1. The first-order valence-corrected chi connectivity index (χ1v) is 11.2. The summed E-state index contributed by atoms with van der Waals surface area (Å²) < 4.78 is 0. The van der Waals surface area contributed by atoms with Gasteiger partial charge in [0.15, 0.2) is 0 Å². The lowest BCUT2D eigenvalue weighted by molar-refractivity contribution is -0.118. The Bertz CT molecular complexity index is 1330. The molecule has 2 heterocycles. The fraction of sp³-hybridized carbons (Fsp3) is 0.0800. The number of nitrogens with zero attached hydrogens (tertiary/aromatic N) is 1. The predicted octanol–water partition coefficient (Wildman–Crippen LogP) is 5.61. The summed E-state index contributed by atoms with van der Waals surface area (Å²) in [5, 5.41) is 9.56. The molecule has 0 spiro atoms. The number of allylic oxidation sites excluding steroid dienone is 3. The maximum absolute atomic E-state index is 12.5. The first-order valence-electron chi connectivity index (χ1n) is 10.2. The van der Waals surface area contributed by atoms with E-state index >= 15 is 0 Å². The van der Waals surface area contributed by atoms with Crippen molar-refractivity contribution in [3.63, 3.8) is 0 Å². The van der Waals surface area contributed by atoms with Crippen LogP contribution in [0, 0.1) is 5.92 Å². The zero-order valence-corrected chi connectivity index (χ0v) is 17.9. The minimum absolute atomic E-state index is 0.0234. The molecule has 1 aliphatic carbocycles. The number of carbonyl (C=O) groups excluding carboxylic acids is 2. The maximum Gasteiger partial charge on any atom is 0.256 e. The molecule has 158 valence electrons. The Hall–Kier alpha value is -3.97. The highest BCUT2D eigenvalue weighted by molar-refractivity contribution is 7.08. The van der Waals surface area contributed by atoms with Crippen LogP contribution < -0.4 is 10.6 Å². The molecule has 0 saturated heterocycles. The molecule has 1 unspecified atom stereocenters. The standard InChI is InChI=1S/C25H20N4O2S/c30-24(17-4-2-1-3-5-17)27-20-10-11-21-22(14-20)29-23(28-21)16-6-8-19(9-7-16)26-25(31)18-12-13-32-15-18/h1-4,6-15,17H,5H2,(H,26,31)(H,27,30)(H,28,29). The number of thiophene rings is 1. The average Bonchev–Trinajstić information content (AvgIpc) is 3.50. The molecule has 4 aromatic rings. The number of anilines is 2. The number of benzene rings is 2. The van der Waals surface area contributed by atoms with Gasteiger partial charge in [0, 0.05) is 22.3 Å². The lowest BCUT2D eigenvalue weighted by atomic mass is 10.00. The van der Waals surface area contributed by atoms with Gasteiger partial charge in [0.25, 0.3) is 5.91 Å². The quantitative estimate of drug-likeness (QED) is 0.377. The fourth-order valence-electron chi connectivity index (χ4n) is 3.54. The van der Waals surface area contributed by atoms with E-state index in [0.717, 1.165) is 33.8 Å². The van der Waals surface area contributed by atoms with E-state index in [2.05, 4.69) is 20.6 Å². The van der Waals surface area contributed by atoms with Crippen LogP contribution in [0.1, 0.15) is 16.8 Å². The summed E-state index contributed by atoms with van der Waals surface area (Å²) >= 11 is 1.49. The lowest BCUT2D eigenvalue weighted by Gasteiger charge is -2.13. The molecule has 0 bridgehead atoms. The number of carbonyl (C=O) groups is 2. The van der Waals surface area contributed by atoms with E-state index < -0.39 is 0 Å².